The fourth-order valence-corrected chi connectivity index (χ4v) is 3.75. The van der Waals surface area contributed by atoms with Crippen LogP contribution in [0.2, 0.25) is 0 Å². The number of hydrogen-bond donors (Lipinski definition) is 2. The third-order valence-corrected chi connectivity index (χ3v) is 5.86. The molecule has 1 heterocycles. The van der Waals surface area contributed by atoms with E-state index in [-0.39, 0.29) is 17.9 Å². The molecule has 3 aromatic rings. The molecule has 4 heteroatoms. The zero-order chi connectivity index (χ0) is 21.0. The number of para-hydroxylation sites is 1. The van der Waals surface area contributed by atoms with Gasteiger partial charge in [-0.1, -0.05) is 51.1 Å². The molecule has 1 amide bonds. The molecule has 2 aromatic carbocycles. The number of hydrogen-bond acceptors (Lipinski definition) is 2. The van der Waals surface area contributed by atoms with Gasteiger partial charge in [0.1, 0.15) is 5.75 Å². The number of amides is 1. The van der Waals surface area contributed by atoms with Gasteiger partial charge in [-0.3, -0.25) is 4.79 Å². The molecular weight excluding hydrogens is 360 g/mol. The van der Waals surface area contributed by atoms with Crippen LogP contribution in [0.25, 0.3) is 10.9 Å². The maximum atomic E-state index is 12.9. The molecule has 0 radical (unpaired) electrons. The van der Waals surface area contributed by atoms with Gasteiger partial charge in [0.05, 0.1) is 7.11 Å². The van der Waals surface area contributed by atoms with E-state index in [1.54, 1.807) is 7.11 Å². The minimum atomic E-state index is -0.0506. The van der Waals surface area contributed by atoms with Crippen molar-refractivity contribution in [3.8, 4) is 5.75 Å². The summed E-state index contributed by atoms with van der Waals surface area (Å²) in [6.07, 6.45) is 3.42. The number of fused-ring (bicyclic) bond motifs is 1. The first-order valence-corrected chi connectivity index (χ1v) is 10.5. The Kier molecular flexibility index (Phi) is 6.63. The van der Waals surface area contributed by atoms with E-state index < -0.39 is 0 Å². The zero-order valence-corrected chi connectivity index (χ0v) is 18.1. The van der Waals surface area contributed by atoms with Crippen LogP contribution in [0, 0.1) is 5.92 Å². The fraction of sp³-hybridized carbons (Fsp3) is 0.400. The quantitative estimate of drug-likeness (QED) is 0.538. The Hall–Kier alpha value is -2.75. The SMILES string of the molecule is CCc1cccc2c(C(CC(=O)NC(C)C(C)C)c3cccc(OC)c3)c[nH]c12. The van der Waals surface area contributed by atoms with E-state index >= 15 is 0 Å². The first-order chi connectivity index (χ1) is 13.9. The van der Waals surface area contributed by atoms with Crippen molar-refractivity contribution in [2.75, 3.05) is 7.11 Å². The number of aromatic nitrogens is 1. The number of carbonyl (C=O) groups excluding carboxylic acids is 1. The van der Waals surface area contributed by atoms with Gasteiger partial charge in [0, 0.05) is 35.5 Å². The van der Waals surface area contributed by atoms with E-state index in [4.69, 9.17) is 4.74 Å². The molecule has 0 fully saturated rings. The van der Waals surface area contributed by atoms with E-state index in [9.17, 15) is 4.79 Å². The molecule has 0 saturated carbocycles. The van der Waals surface area contributed by atoms with Crippen LogP contribution in [0.1, 0.15) is 56.7 Å². The molecule has 4 nitrogen and oxygen atoms in total. The smallest absolute Gasteiger partial charge is 0.221 e. The van der Waals surface area contributed by atoms with Crippen molar-refractivity contribution >= 4 is 16.8 Å². The van der Waals surface area contributed by atoms with Gasteiger partial charge in [-0.25, -0.2) is 0 Å². The highest BCUT2D eigenvalue weighted by Gasteiger charge is 2.23. The molecule has 0 bridgehead atoms. The minimum Gasteiger partial charge on any atom is -0.497 e. The van der Waals surface area contributed by atoms with Crippen molar-refractivity contribution in [2.24, 2.45) is 5.92 Å². The second-order valence-corrected chi connectivity index (χ2v) is 8.07. The summed E-state index contributed by atoms with van der Waals surface area (Å²) in [7, 11) is 1.67. The lowest BCUT2D eigenvalue weighted by molar-refractivity contribution is -0.122. The molecule has 0 spiro atoms. The Morgan fingerprint density at radius 2 is 1.90 bits per heavy atom. The average molecular weight is 393 g/mol. The van der Waals surface area contributed by atoms with Crippen molar-refractivity contribution in [3.63, 3.8) is 0 Å². The lowest BCUT2D eigenvalue weighted by Crippen LogP contribution is -2.36. The van der Waals surface area contributed by atoms with Crippen LogP contribution < -0.4 is 10.1 Å². The van der Waals surface area contributed by atoms with Crippen molar-refractivity contribution < 1.29 is 9.53 Å². The van der Waals surface area contributed by atoms with E-state index in [1.165, 1.54) is 10.9 Å². The van der Waals surface area contributed by atoms with E-state index in [0.29, 0.717) is 12.3 Å². The first-order valence-electron chi connectivity index (χ1n) is 10.5. The van der Waals surface area contributed by atoms with Gasteiger partial charge in [-0.2, -0.15) is 0 Å². The highest BCUT2D eigenvalue weighted by Crippen LogP contribution is 2.35. The largest absolute Gasteiger partial charge is 0.497 e. The Bertz CT molecular complexity index is 974. The number of benzene rings is 2. The number of methoxy groups -OCH3 is 1. The van der Waals surface area contributed by atoms with E-state index in [0.717, 1.165) is 28.8 Å². The summed E-state index contributed by atoms with van der Waals surface area (Å²) in [6, 6.07) is 14.6. The van der Waals surface area contributed by atoms with Gasteiger partial charge in [0.15, 0.2) is 0 Å². The number of H-pyrrole nitrogens is 1. The number of aromatic amines is 1. The number of rotatable bonds is 8. The molecule has 1 aromatic heterocycles. The molecule has 2 N–H and O–H groups in total. The summed E-state index contributed by atoms with van der Waals surface area (Å²) in [5, 5.41) is 4.34. The summed E-state index contributed by atoms with van der Waals surface area (Å²) in [5.41, 5.74) is 4.68. The topological polar surface area (TPSA) is 54.1 Å². The van der Waals surface area contributed by atoms with Crippen LogP contribution in [0.4, 0.5) is 0 Å². The summed E-state index contributed by atoms with van der Waals surface area (Å²) < 4.78 is 5.44. The highest BCUT2D eigenvalue weighted by molar-refractivity contribution is 5.88. The first kappa shape index (κ1) is 21.0. The normalized spacial score (nSPS) is 13.4. The van der Waals surface area contributed by atoms with Crippen LogP contribution in [0.5, 0.6) is 5.75 Å². The van der Waals surface area contributed by atoms with Crippen LogP contribution in [0.15, 0.2) is 48.7 Å². The minimum absolute atomic E-state index is 0.0506. The van der Waals surface area contributed by atoms with Gasteiger partial charge in [-0.15, -0.1) is 0 Å². The van der Waals surface area contributed by atoms with Gasteiger partial charge in [0.25, 0.3) is 0 Å². The van der Waals surface area contributed by atoms with Gasteiger partial charge < -0.3 is 15.0 Å². The van der Waals surface area contributed by atoms with Crippen LogP contribution in [-0.2, 0) is 11.2 Å². The summed E-state index contributed by atoms with van der Waals surface area (Å²) in [5.74, 6) is 1.22. The average Bonchev–Trinajstić information content (AvgIpc) is 3.15. The maximum absolute atomic E-state index is 12.9. The monoisotopic (exact) mass is 392 g/mol. The molecule has 29 heavy (non-hydrogen) atoms. The third kappa shape index (κ3) is 4.64. The number of aryl methyl sites for hydroxylation is 1. The predicted molar refractivity (Wildman–Crippen MR) is 120 cm³/mol. The summed E-state index contributed by atoms with van der Waals surface area (Å²) in [4.78, 5) is 16.4. The van der Waals surface area contributed by atoms with Crippen molar-refractivity contribution in [1.82, 2.24) is 10.3 Å². The third-order valence-electron chi connectivity index (χ3n) is 5.86. The highest BCUT2D eigenvalue weighted by atomic mass is 16.5. The molecule has 0 aliphatic carbocycles. The van der Waals surface area contributed by atoms with Gasteiger partial charge in [-0.05, 0) is 48.1 Å². The Balaban J connectivity index is 2.02. The van der Waals surface area contributed by atoms with Crippen molar-refractivity contribution in [3.05, 3.63) is 65.4 Å². The van der Waals surface area contributed by atoms with Gasteiger partial charge in [0.2, 0.25) is 5.91 Å². The van der Waals surface area contributed by atoms with Crippen LogP contribution in [-0.4, -0.2) is 24.0 Å². The van der Waals surface area contributed by atoms with E-state index in [1.807, 2.05) is 18.2 Å². The molecule has 3 rings (SSSR count). The van der Waals surface area contributed by atoms with Crippen molar-refractivity contribution in [2.45, 2.75) is 52.5 Å². The lowest BCUT2D eigenvalue weighted by atomic mass is 9.87. The Labute approximate surface area is 173 Å². The zero-order valence-electron chi connectivity index (χ0n) is 18.1. The number of carbonyl (C=O) groups is 1. The molecule has 0 saturated heterocycles. The second kappa shape index (κ2) is 9.17. The fourth-order valence-electron chi connectivity index (χ4n) is 3.75. The Morgan fingerprint density at radius 3 is 2.59 bits per heavy atom. The van der Waals surface area contributed by atoms with Gasteiger partial charge >= 0.3 is 0 Å². The molecule has 0 aliphatic rings. The number of ether oxygens (including phenoxy) is 1. The standard InChI is InChI=1S/C25H32N2O2/c1-6-18-9-8-12-21-23(15-26-25(18)21)22(14-24(28)27-17(4)16(2)3)19-10-7-11-20(13-19)29-5/h7-13,15-17,22,26H,6,14H2,1-5H3,(H,27,28). The van der Waals surface area contributed by atoms with Crippen LogP contribution in [0.3, 0.4) is 0 Å². The molecule has 2 unspecified atom stereocenters. The summed E-state index contributed by atoms with van der Waals surface area (Å²) >= 11 is 0. The molecule has 154 valence electrons. The second-order valence-electron chi connectivity index (χ2n) is 8.07. The van der Waals surface area contributed by atoms with Crippen LogP contribution >= 0.6 is 0 Å². The summed E-state index contributed by atoms with van der Waals surface area (Å²) in [6.45, 7) is 8.46. The molecule has 2 atom stereocenters. The maximum Gasteiger partial charge on any atom is 0.221 e. The van der Waals surface area contributed by atoms with Crippen molar-refractivity contribution in [1.29, 1.82) is 0 Å². The molecule has 0 aliphatic heterocycles. The predicted octanol–water partition coefficient (Wildman–Crippen LogP) is 5.42. The lowest BCUT2D eigenvalue weighted by Gasteiger charge is -2.21. The Morgan fingerprint density at radius 1 is 1.14 bits per heavy atom. The molecular formula is C25H32N2O2. The number of nitrogens with one attached hydrogen (secondary N) is 2. The van der Waals surface area contributed by atoms with E-state index in [2.05, 4.69) is 68.5 Å².